The largest absolute Gasteiger partial charge is 0.235 e. The highest BCUT2D eigenvalue weighted by Gasteiger charge is 2.52. The maximum absolute atomic E-state index is 10.6. The number of aliphatic imine (C=N–C) groups is 2. The van der Waals surface area contributed by atoms with Crippen LogP contribution in [0.4, 0.5) is 0 Å². The SMILES string of the molecule is CC(C)C1(N=C=O)CCCCC1(C)N=C=O. The van der Waals surface area contributed by atoms with Crippen molar-refractivity contribution in [2.75, 3.05) is 0 Å². The van der Waals surface area contributed by atoms with Gasteiger partial charge in [0.15, 0.2) is 0 Å². The number of carbonyl (C=O) groups excluding carboxylic acids is 2. The lowest BCUT2D eigenvalue weighted by molar-refractivity contribution is 0.119. The first-order valence-corrected chi connectivity index (χ1v) is 5.70. The van der Waals surface area contributed by atoms with E-state index in [1.165, 1.54) is 0 Å². The molecule has 4 nitrogen and oxygen atoms in total. The molecule has 1 saturated carbocycles. The van der Waals surface area contributed by atoms with Crippen LogP contribution in [-0.4, -0.2) is 23.2 Å². The Labute approximate surface area is 95.9 Å². The third-order valence-electron chi connectivity index (χ3n) is 3.90. The van der Waals surface area contributed by atoms with Gasteiger partial charge in [-0.15, -0.1) is 0 Å². The first-order valence-electron chi connectivity index (χ1n) is 5.70. The van der Waals surface area contributed by atoms with Crippen molar-refractivity contribution in [1.82, 2.24) is 0 Å². The fraction of sp³-hybridized carbons (Fsp3) is 0.833. The summed E-state index contributed by atoms with van der Waals surface area (Å²) in [7, 11) is 0. The molecule has 0 aromatic rings. The van der Waals surface area contributed by atoms with E-state index in [-0.39, 0.29) is 5.92 Å². The number of hydrogen-bond acceptors (Lipinski definition) is 4. The second kappa shape index (κ2) is 4.73. The maximum Gasteiger partial charge on any atom is 0.235 e. The Hall–Kier alpha value is -1.24. The van der Waals surface area contributed by atoms with Gasteiger partial charge in [0.25, 0.3) is 0 Å². The van der Waals surface area contributed by atoms with Gasteiger partial charge in [0, 0.05) is 0 Å². The Kier molecular flexibility index (Phi) is 3.79. The molecule has 1 rings (SSSR count). The molecule has 0 heterocycles. The smallest absolute Gasteiger partial charge is 0.211 e. The van der Waals surface area contributed by atoms with E-state index in [1.54, 1.807) is 12.2 Å². The second-order valence-electron chi connectivity index (χ2n) is 4.97. The van der Waals surface area contributed by atoms with Crippen LogP contribution in [0, 0.1) is 5.92 Å². The summed E-state index contributed by atoms with van der Waals surface area (Å²) >= 11 is 0. The van der Waals surface area contributed by atoms with Gasteiger partial charge in [-0.05, 0) is 25.7 Å². The zero-order chi connectivity index (χ0) is 12.2. The van der Waals surface area contributed by atoms with Crippen LogP contribution in [0.5, 0.6) is 0 Å². The van der Waals surface area contributed by atoms with Crippen LogP contribution in [0.1, 0.15) is 46.5 Å². The van der Waals surface area contributed by atoms with Crippen molar-refractivity contribution in [2.45, 2.75) is 57.5 Å². The fourth-order valence-corrected chi connectivity index (χ4v) is 2.90. The minimum atomic E-state index is -0.613. The molecule has 2 unspecified atom stereocenters. The number of rotatable bonds is 3. The summed E-state index contributed by atoms with van der Waals surface area (Å²) in [5.74, 6) is 0.149. The van der Waals surface area contributed by atoms with E-state index in [2.05, 4.69) is 9.98 Å². The molecule has 0 saturated heterocycles. The van der Waals surface area contributed by atoms with Crippen LogP contribution in [0.15, 0.2) is 9.98 Å². The Bertz CT molecular complexity index is 354. The highest BCUT2D eigenvalue weighted by Crippen LogP contribution is 2.46. The van der Waals surface area contributed by atoms with E-state index >= 15 is 0 Å². The molecule has 2 atom stereocenters. The zero-order valence-corrected chi connectivity index (χ0v) is 10.1. The van der Waals surface area contributed by atoms with Gasteiger partial charge in [0.2, 0.25) is 12.2 Å². The Balaban J connectivity index is 3.30. The quantitative estimate of drug-likeness (QED) is 0.543. The molecule has 1 fully saturated rings. The van der Waals surface area contributed by atoms with E-state index in [0.717, 1.165) is 25.7 Å². The summed E-state index contributed by atoms with van der Waals surface area (Å²) in [6, 6.07) is 0. The van der Waals surface area contributed by atoms with E-state index < -0.39 is 11.1 Å². The maximum atomic E-state index is 10.6. The summed E-state index contributed by atoms with van der Waals surface area (Å²) < 4.78 is 0. The molecular formula is C12H18N2O2. The Morgan fingerprint density at radius 3 is 2.12 bits per heavy atom. The van der Waals surface area contributed by atoms with Crippen LogP contribution in [0.25, 0.3) is 0 Å². The van der Waals surface area contributed by atoms with Crippen molar-refractivity contribution in [2.24, 2.45) is 15.9 Å². The molecule has 0 N–H and O–H groups in total. The molecule has 1 aliphatic carbocycles. The summed E-state index contributed by atoms with van der Waals surface area (Å²) in [6.07, 6.45) is 6.85. The van der Waals surface area contributed by atoms with Gasteiger partial charge in [-0.2, -0.15) is 9.98 Å². The Morgan fingerprint density at radius 1 is 1.06 bits per heavy atom. The third-order valence-corrected chi connectivity index (χ3v) is 3.90. The monoisotopic (exact) mass is 222 g/mol. The first-order chi connectivity index (χ1) is 7.52. The molecule has 0 aliphatic heterocycles. The summed E-state index contributed by atoms with van der Waals surface area (Å²) in [4.78, 5) is 29.1. The number of isocyanates is 2. The normalized spacial score (nSPS) is 34.0. The van der Waals surface area contributed by atoms with E-state index in [4.69, 9.17) is 0 Å². The topological polar surface area (TPSA) is 58.9 Å². The van der Waals surface area contributed by atoms with E-state index in [0.29, 0.717) is 0 Å². The van der Waals surface area contributed by atoms with E-state index in [1.807, 2.05) is 20.8 Å². The molecule has 0 radical (unpaired) electrons. The lowest BCUT2D eigenvalue weighted by Crippen LogP contribution is -2.55. The first kappa shape index (κ1) is 12.8. The highest BCUT2D eigenvalue weighted by atomic mass is 16.1. The van der Waals surface area contributed by atoms with Gasteiger partial charge < -0.3 is 0 Å². The van der Waals surface area contributed by atoms with Crippen molar-refractivity contribution in [3.63, 3.8) is 0 Å². The van der Waals surface area contributed by atoms with Crippen LogP contribution in [0.3, 0.4) is 0 Å². The summed E-state index contributed by atoms with van der Waals surface area (Å²) in [6.45, 7) is 5.90. The van der Waals surface area contributed by atoms with Crippen molar-refractivity contribution in [1.29, 1.82) is 0 Å². The summed E-state index contributed by atoms with van der Waals surface area (Å²) in [5, 5.41) is 0. The predicted octanol–water partition coefficient (Wildman–Crippen LogP) is 2.39. The van der Waals surface area contributed by atoms with Crippen molar-refractivity contribution < 1.29 is 9.59 Å². The van der Waals surface area contributed by atoms with Crippen LogP contribution in [0.2, 0.25) is 0 Å². The molecule has 0 aromatic heterocycles. The molecular weight excluding hydrogens is 204 g/mol. The van der Waals surface area contributed by atoms with Crippen LogP contribution < -0.4 is 0 Å². The second-order valence-corrected chi connectivity index (χ2v) is 4.97. The lowest BCUT2D eigenvalue weighted by Gasteiger charge is -2.47. The zero-order valence-electron chi connectivity index (χ0n) is 10.1. The average molecular weight is 222 g/mol. The fourth-order valence-electron chi connectivity index (χ4n) is 2.90. The standard InChI is InChI=1S/C12H18N2O2/c1-10(2)12(14-9-16)7-5-4-6-11(12,3)13-8-15/h10H,4-7H2,1-3H3. The van der Waals surface area contributed by atoms with Crippen LogP contribution >= 0.6 is 0 Å². The van der Waals surface area contributed by atoms with Gasteiger partial charge >= 0.3 is 0 Å². The van der Waals surface area contributed by atoms with Gasteiger partial charge in [-0.3, -0.25) is 0 Å². The number of hydrogen-bond donors (Lipinski definition) is 0. The molecule has 1 aliphatic rings. The minimum Gasteiger partial charge on any atom is -0.211 e. The van der Waals surface area contributed by atoms with E-state index in [9.17, 15) is 9.59 Å². The predicted molar refractivity (Wildman–Crippen MR) is 60.7 cm³/mol. The minimum absolute atomic E-state index is 0.149. The highest BCUT2D eigenvalue weighted by molar-refractivity contribution is 5.40. The summed E-state index contributed by atoms with van der Waals surface area (Å²) in [5.41, 5.74) is -1.21. The van der Waals surface area contributed by atoms with Crippen molar-refractivity contribution in [3.8, 4) is 0 Å². The van der Waals surface area contributed by atoms with Gasteiger partial charge in [-0.25, -0.2) is 9.59 Å². The van der Waals surface area contributed by atoms with Crippen LogP contribution in [-0.2, 0) is 9.59 Å². The van der Waals surface area contributed by atoms with Gasteiger partial charge in [-0.1, -0.05) is 26.7 Å². The van der Waals surface area contributed by atoms with Gasteiger partial charge in [0.1, 0.15) is 5.54 Å². The average Bonchev–Trinajstić information content (AvgIpc) is 2.22. The van der Waals surface area contributed by atoms with Crippen molar-refractivity contribution >= 4 is 12.2 Å². The molecule has 0 aromatic carbocycles. The molecule has 0 bridgehead atoms. The molecule has 0 amide bonds. The Morgan fingerprint density at radius 2 is 1.62 bits per heavy atom. The number of nitrogens with zero attached hydrogens (tertiary/aromatic N) is 2. The molecule has 0 spiro atoms. The molecule has 16 heavy (non-hydrogen) atoms. The lowest BCUT2D eigenvalue weighted by atomic mass is 9.63. The van der Waals surface area contributed by atoms with Crippen molar-refractivity contribution in [3.05, 3.63) is 0 Å². The molecule has 88 valence electrons. The molecule has 4 heteroatoms. The third kappa shape index (κ3) is 1.87. The van der Waals surface area contributed by atoms with Gasteiger partial charge in [0.05, 0.1) is 5.54 Å².